The lowest BCUT2D eigenvalue weighted by Gasteiger charge is -2.42. The lowest BCUT2D eigenvalue weighted by atomic mass is 9.96. The molecule has 0 N–H and O–H groups in total. The summed E-state index contributed by atoms with van der Waals surface area (Å²) in [5.41, 5.74) is 6.32. The number of fused-ring (bicyclic) bond motifs is 3. The van der Waals surface area contributed by atoms with Gasteiger partial charge in [0.15, 0.2) is 5.65 Å². The van der Waals surface area contributed by atoms with Gasteiger partial charge < -0.3 is 23.8 Å². The van der Waals surface area contributed by atoms with Gasteiger partial charge in [0.25, 0.3) is 0 Å². The van der Waals surface area contributed by atoms with Crippen molar-refractivity contribution in [2.24, 2.45) is 0 Å². The molecule has 5 aromatic rings. The Labute approximate surface area is 238 Å². The minimum Gasteiger partial charge on any atom is -0.367 e. The van der Waals surface area contributed by atoms with Crippen molar-refractivity contribution in [1.29, 1.82) is 0 Å². The zero-order chi connectivity index (χ0) is 27.9. The molecule has 9 nitrogen and oxygen atoms in total. The van der Waals surface area contributed by atoms with Crippen molar-refractivity contribution in [3.05, 3.63) is 90.5 Å². The highest BCUT2D eigenvalue weighted by Crippen LogP contribution is 2.31. The summed E-state index contributed by atoms with van der Waals surface area (Å²) in [7, 11) is 0. The third-order valence-corrected chi connectivity index (χ3v) is 8.56. The molecule has 7 rings (SSSR count). The third kappa shape index (κ3) is 4.71. The maximum atomic E-state index is 13.4. The van der Waals surface area contributed by atoms with Gasteiger partial charge in [-0.05, 0) is 60.2 Å². The summed E-state index contributed by atoms with van der Waals surface area (Å²) >= 11 is 0. The first-order valence-electron chi connectivity index (χ1n) is 14.3. The van der Waals surface area contributed by atoms with Crippen LogP contribution in [0.5, 0.6) is 0 Å². The molecule has 2 amide bonds. The van der Waals surface area contributed by atoms with Gasteiger partial charge in [0, 0.05) is 62.4 Å². The number of carbonyl (C=O) groups is 2. The van der Waals surface area contributed by atoms with Crippen molar-refractivity contribution >= 4 is 39.6 Å². The van der Waals surface area contributed by atoms with Gasteiger partial charge >= 0.3 is 0 Å². The molecule has 0 spiro atoms. The van der Waals surface area contributed by atoms with Crippen LogP contribution in [0.1, 0.15) is 18.1 Å². The molecule has 0 saturated carbocycles. The summed E-state index contributed by atoms with van der Waals surface area (Å²) in [6, 6.07) is 20.5. The number of hydrogen-bond acceptors (Lipinski definition) is 5. The number of amides is 2. The second kappa shape index (κ2) is 10.4. The Bertz CT molecular complexity index is 1760. The van der Waals surface area contributed by atoms with Gasteiger partial charge in [-0.25, -0.2) is 9.97 Å². The number of nitrogens with zero attached hydrogens (tertiary/aromatic N) is 7. The lowest BCUT2D eigenvalue weighted by molar-refractivity contribution is -0.134. The second-order valence-corrected chi connectivity index (χ2v) is 11.1. The molecule has 1 atom stereocenters. The average Bonchev–Trinajstić information content (AvgIpc) is 3.60. The van der Waals surface area contributed by atoms with E-state index in [1.807, 2.05) is 49.4 Å². The van der Waals surface area contributed by atoms with Crippen LogP contribution >= 0.6 is 0 Å². The fourth-order valence-electron chi connectivity index (χ4n) is 6.39. The van der Waals surface area contributed by atoms with E-state index in [0.717, 1.165) is 48.1 Å². The van der Waals surface area contributed by atoms with Crippen LogP contribution in [-0.4, -0.2) is 72.9 Å². The van der Waals surface area contributed by atoms with Crippen molar-refractivity contribution in [2.75, 3.05) is 31.1 Å². The molecule has 2 aliphatic heterocycles. The molecule has 0 unspecified atom stereocenters. The largest absolute Gasteiger partial charge is 0.367 e. The molecule has 1 fully saturated rings. The van der Waals surface area contributed by atoms with E-state index in [-0.39, 0.29) is 24.4 Å². The summed E-state index contributed by atoms with van der Waals surface area (Å²) in [6.07, 6.45) is 6.27. The minimum atomic E-state index is 0.0539. The molecule has 2 aromatic carbocycles. The van der Waals surface area contributed by atoms with Crippen LogP contribution < -0.4 is 4.90 Å². The van der Waals surface area contributed by atoms with Crippen molar-refractivity contribution in [3.63, 3.8) is 0 Å². The maximum Gasteiger partial charge on any atom is 0.242 e. The summed E-state index contributed by atoms with van der Waals surface area (Å²) in [5.74, 6) is 0.212. The molecular weight excluding hydrogens is 514 g/mol. The molecule has 9 heteroatoms. The predicted molar refractivity (Wildman–Crippen MR) is 158 cm³/mol. The van der Waals surface area contributed by atoms with Gasteiger partial charge in [-0.3, -0.25) is 9.59 Å². The summed E-state index contributed by atoms with van der Waals surface area (Å²) < 4.78 is 3.87. The number of rotatable bonds is 5. The highest BCUT2D eigenvalue weighted by molar-refractivity contribution is 5.84. The van der Waals surface area contributed by atoms with Gasteiger partial charge in [-0.1, -0.05) is 30.3 Å². The van der Waals surface area contributed by atoms with E-state index in [9.17, 15) is 9.59 Å². The Hall–Kier alpha value is -4.66. The van der Waals surface area contributed by atoms with Crippen LogP contribution in [-0.2, 0) is 35.6 Å². The van der Waals surface area contributed by atoms with Crippen LogP contribution in [0.3, 0.4) is 0 Å². The van der Waals surface area contributed by atoms with Crippen molar-refractivity contribution in [2.45, 2.75) is 39.0 Å². The van der Waals surface area contributed by atoms with Crippen LogP contribution in [0.2, 0.25) is 0 Å². The van der Waals surface area contributed by atoms with Crippen molar-refractivity contribution in [3.8, 4) is 0 Å². The smallest absolute Gasteiger partial charge is 0.242 e. The van der Waals surface area contributed by atoms with Crippen molar-refractivity contribution < 1.29 is 9.59 Å². The highest BCUT2D eigenvalue weighted by atomic mass is 16.2. The third-order valence-electron chi connectivity index (χ3n) is 8.56. The van der Waals surface area contributed by atoms with Crippen LogP contribution in [0.15, 0.2) is 79.4 Å². The number of carbonyl (C=O) groups excluding carboxylic acids is 2. The van der Waals surface area contributed by atoms with E-state index in [1.165, 1.54) is 16.8 Å². The topological polar surface area (TPSA) is 79.5 Å². The number of imidazole rings is 1. The summed E-state index contributed by atoms with van der Waals surface area (Å²) in [5, 5.41) is 1.15. The first kappa shape index (κ1) is 25.3. The number of benzene rings is 2. The first-order valence-corrected chi connectivity index (χ1v) is 14.3. The predicted octanol–water partition coefficient (Wildman–Crippen LogP) is 3.71. The van der Waals surface area contributed by atoms with Crippen LogP contribution in [0.25, 0.3) is 22.1 Å². The number of piperazine rings is 1. The number of pyridine rings is 1. The normalized spacial score (nSPS) is 17.3. The molecule has 41 heavy (non-hydrogen) atoms. The fourth-order valence-corrected chi connectivity index (χ4v) is 6.39. The zero-order valence-corrected chi connectivity index (χ0v) is 23.2. The van der Waals surface area contributed by atoms with Gasteiger partial charge in [0.1, 0.15) is 18.6 Å². The van der Waals surface area contributed by atoms with E-state index >= 15 is 0 Å². The molecular formula is C32H33N7O2. The van der Waals surface area contributed by atoms with E-state index in [1.54, 1.807) is 12.5 Å². The molecule has 1 saturated heterocycles. The average molecular weight is 548 g/mol. The first-order chi connectivity index (χ1) is 20.0. The molecule has 5 heterocycles. The minimum absolute atomic E-state index is 0.0539. The van der Waals surface area contributed by atoms with E-state index in [0.29, 0.717) is 19.6 Å². The molecule has 0 aliphatic carbocycles. The van der Waals surface area contributed by atoms with E-state index in [4.69, 9.17) is 0 Å². The molecule has 0 bridgehead atoms. The molecule has 0 radical (unpaired) electrons. The highest BCUT2D eigenvalue weighted by Gasteiger charge is 2.31. The quantitative estimate of drug-likeness (QED) is 0.335. The zero-order valence-electron chi connectivity index (χ0n) is 23.2. The van der Waals surface area contributed by atoms with Gasteiger partial charge in [0.2, 0.25) is 11.8 Å². The number of para-hydroxylation sites is 1. The Morgan fingerprint density at radius 3 is 2.66 bits per heavy atom. The molecule has 2 aliphatic rings. The fraction of sp³-hybridized carbons (Fsp3) is 0.312. The molecule has 208 valence electrons. The van der Waals surface area contributed by atoms with E-state index in [2.05, 4.69) is 58.2 Å². The van der Waals surface area contributed by atoms with Gasteiger partial charge in [-0.2, -0.15) is 0 Å². The number of anilines is 1. The Morgan fingerprint density at radius 2 is 1.76 bits per heavy atom. The number of aromatic nitrogens is 4. The van der Waals surface area contributed by atoms with Gasteiger partial charge in [0.05, 0.1) is 6.33 Å². The summed E-state index contributed by atoms with van der Waals surface area (Å²) in [4.78, 5) is 41.9. The monoisotopic (exact) mass is 547 g/mol. The summed E-state index contributed by atoms with van der Waals surface area (Å²) in [6.45, 7) is 6.15. The number of hydrogen-bond donors (Lipinski definition) is 0. The standard InChI is InChI=1S/C32H33N7O2/c1-23-18-36(16-17-39(23)31(41)21-38-22-34-27-8-5-13-33-32(27)38)29-10-4-7-24-11-15-37(19-26(24)29)30(40)20-35-14-12-25-6-2-3-9-28(25)35/h2-10,12-14,22-23H,11,15-21H2,1H3/t23-/m1/s1. The lowest BCUT2D eigenvalue weighted by Crippen LogP contribution is -2.55. The van der Waals surface area contributed by atoms with E-state index < -0.39 is 0 Å². The second-order valence-electron chi connectivity index (χ2n) is 11.1. The Morgan fingerprint density at radius 1 is 0.878 bits per heavy atom. The Balaban J connectivity index is 1.04. The Kier molecular flexibility index (Phi) is 6.41. The maximum absolute atomic E-state index is 13.4. The molecule has 3 aromatic heterocycles. The van der Waals surface area contributed by atoms with Crippen LogP contribution in [0.4, 0.5) is 5.69 Å². The van der Waals surface area contributed by atoms with Crippen molar-refractivity contribution in [1.82, 2.24) is 28.9 Å². The SMILES string of the molecule is C[C@@H]1CN(c2cccc3c2CN(C(=O)Cn2ccc4ccccc42)CC3)CCN1C(=O)Cn1cnc2cccnc21. The van der Waals surface area contributed by atoms with Crippen LogP contribution in [0, 0.1) is 0 Å². The van der Waals surface area contributed by atoms with Gasteiger partial charge in [-0.15, -0.1) is 0 Å².